The van der Waals surface area contributed by atoms with Crippen molar-refractivity contribution in [3.05, 3.63) is 11.6 Å². The van der Waals surface area contributed by atoms with E-state index < -0.39 is 18.0 Å². The number of nitrogens with zero attached hydrogens (tertiary/aromatic N) is 2. The third kappa shape index (κ3) is 6.33. The first-order valence-corrected chi connectivity index (χ1v) is 6.44. The standard InChI is InChI=1S/C11H17N3O3S.K/c1-7(2)6-8(9(15)16)14(3)11(17)13-10-12-4-5-18-10;/h4-5,7-8H,6H2,1-3H3,(H,15,16)(H,12,13,17);/q;+1/p-1. The molecule has 100 valence electrons. The van der Waals surface area contributed by atoms with Crippen LogP contribution in [-0.4, -0.2) is 35.0 Å². The second-order valence-corrected chi connectivity index (χ2v) is 5.24. The fraction of sp³-hybridized carbons (Fsp3) is 0.545. The molecule has 1 N–H and O–H groups in total. The summed E-state index contributed by atoms with van der Waals surface area (Å²) >= 11 is 1.27. The Morgan fingerprint density at radius 2 is 2.16 bits per heavy atom. The molecule has 1 atom stereocenters. The number of carbonyl (C=O) groups excluding carboxylic acids is 2. The molecule has 0 radical (unpaired) electrons. The third-order valence-electron chi connectivity index (χ3n) is 2.40. The molecule has 1 unspecified atom stereocenters. The van der Waals surface area contributed by atoms with Crippen LogP contribution in [0.5, 0.6) is 0 Å². The molecule has 19 heavy (non-hydrogen) atoms. The quantitative estimate of drug-likeness (QED) is 0.624. The molecule has 1 rings (SSSR count). The van der Waals surface area contributed by atoms with E-state index in [0.717, 1.165) is 4.90 Å². The van der Waals surface area contributed by atoms with E-state index in [0.29, 0.717) is 11.6 Å². The number of rotatable bonds is 5. The van der Waals surface area contributed by atoms with Gasteiger partial charge in [-0.2, -0.15) is 0 Å². The number of aromatic nitrogens is 1. The van der Waals surface area contributed by atoms with E-state index in [9.17, 15) is 14.7 Å². The summed E-state index contributed by atoms with van der Waals surface area (Å²) in [5, 5.41) is 15.7. The van der Waals surface area contributed by atoms with Gasteiger partial charge in [0.2, 0.25) is 0 Å². The first-order valence-electron chi connectivity index (χ1n) is 5.56. The molecule has 2 amide bonds. The summed E-state index contributed by atoms with van der Waals surface area (Å²) < 4.78 is 0. The molecule has 1 aromatic heterocycles. The van der Waals surface area contributed by atoms with Gasteiger partial charge >= 0.3 is 57.4 Å². The Morgan fingerprint density at radius 1 is 1.53 bits per heavy atom. The number of carboxylic acid groups (broad SMARTS) is 1. The molecule has 0 aliphatic heterocycles. The minimum Gasteiger partial charge on any atom is -0.548 e. The van der Waals surface area contributed by atoms with Crippen molar-refractivity contribution in [1.29, 1.82) is 0 Å². The summed E-state index contributed by atoms with van der Waals surface area (Å²) in [4.78, 5) is 27.9. The van der Waals surface area contributed by atoms with Crippen molar-refractivity contribution in [2.24, 2.45) is 5.92 Å². The number of carbonyl (C=O) groups is 2. The zero-order chi connectivity index (χ0) is 13.7. The van der Waals surface area contributed by atoms with Crippen molar-refractivity contribution >= 4 is 28.5 Å². The van der Waals surface area contributed by atoms with Crippen LogP contribution in [0.25, 0.3) is 0 Å². The van der Waals surface area contributed by atoms with Crippen LogP contribution in [0.1, 0.15) is 20.3 Å². The average Bonchev–Trinajstić information content (AvgIpc) is 2.77. The van der Waals surface area contributed by atoms with Gasteiger partial charge in [0.1, 0.15) is 0 Å². The van der Waals surface area contributed by atoms with Gasteiger partial charge in [0.25, 0.3) is 0 Å². The predicted octanol–water partition coefficient (Wildman–Crippen LogP) is -2.22. The second-order valence-electron chi connectivity index (χ2n) is 4.34. The van der Waals surface area contributed by atoms with Gasteiger partial charge in [-0.3, -0.25) is 5.32 Å². The van der Waals surface area contributed by atoms with Crippen LogP contribution in [0.4, 0.5) is 9.93 Å². The van der Waals surface area contributed by atoms with E-state index in [1.165, 1.54) is 18.4 Å². The van der Waals surface area contributed by atoms with Crippen LogP contribution >= 0.6 is 11.3 Å². The number of urea groups is 1. The zero-order valence-corrected chi connectivity index (χ0v) is 15.5. The van der Waals surface area contributed by atoms with Crippen molar-refractivity contribution in [3.8, 4) is 0 Å². The summed E-state index contributed by atoms with van der Waals surface area (Å²) in [6.07, 6.45) is 1.91. The molecule has 0 saturated carbocycles. The fourth-order valence-electron chi connectivity index (χ4n) is 1.47. The van der Waals surface area contributed by atoms with Gasteiger partial charge in [-0.25, -0.2) is 9.78 Å². The molecular formula is C11H16KN3O3S. The summed E-state index contributed by atoms with van der Waals surface area (Å²) in [6.45, 7) is 3.78. The molecule has 1 heterocycles. The monoisotopic (exact) mass is 309 g/mol. The van der Waals surface area contributed by atoms with Crippen molar-refractivity contribution in [2.45, 2.75) is 26.3 Å². The summed E-state index contributed by atoms with van der Waals surface area (Å²) in [5.74, 6) is -1.09. The summed E-state index contributed by atoms with van der Waals surface area (Å²) in [6, 6.07) is -1.44. The maximum atomic E-state index is 11.8. The maximum absolute atomic E-state index is 11.8. The second kappa shape index (κ2) is 9.04. The number of thiazole rings is 1. The zero-order valence-electron chi connectivity index (χ0n) is 11.5. The maximum Gasteiger partial charge on any atom is 1.00 e. The third-order valence-corrected chi connectivity index (χ3v) is 3.09. The molecule has 0 aliphatic rings. The van der Waals surface area contributed by atoms with Crippen LogP contribution in [0.3, 0.4) is 0 Å². The molecule has 0 aromatic carbocycles. The molecule has 0 saturated heterocycles. The summed E-state index contributed by atoms with van der Waals surface area (Å²) in [7, 11) is 1.44. The number of aliphatic carboxylic acids is 1. The Labute approximate surface area is 159 Å². The largest absolute Gasteiger partial charge is 1.00 e. The minimum atomic E-state index is -1.25. The Hall–Kier alpha value is 0.00636. The van der Waals surface area contributed by atoms with Crippen LogP contribution in [0.15, 0.2) is 11.6 Å². The number of anilines is 1. The van der Waals surface area contributed by atoms with Crippen molar-refractivity contribution in [1.82, 2.24) is 9.88 Å². The van der Waals surface area contributed by atoms with Crippen molar-refractivity contribution in [3.63, 3.8) is 0 Å². The Morgan fingerprint density at radius 3 is 2.58 bits per heavy atom. The SMILES string of the molecule is CC(C)CC(C(=O)[O-])N(C)C(=O)Nc1nccs1.[K+]. The number of likely N-dealkylation sites (N-methyl/N-ethyl adjacent to an activating group) is 1. The van der Waals surface area contributed by atoms with Crippen LogP contribution in [0.2, 0.25) is 0 Å². The van der Waals surface area contributed by atoms with Crippen LogP contribution in [-0.2, 0) is 4.79 Å². The van der Waals surface area contributed by atoms with Gasteiger partial charge in [0.15, 0.2) is 5.13 Å². The topological polar surface area (TPSA) is 85.4 Å². The molecule has 0 fully saturated rings. The number of nitrogens with one attached hydrogen (secondary N) is 1. The smallest absolute Gasteiger partial charge is 0.548 e. The average molecular weight is 309 g/mol. The molecule has 1 aromatic rings. The van der Waals surface area contributed by atoms with Gasteiger partial charge in [-0.1, -0.05) is 13.8 Å². The molecule has 0 aliphatic carbocycles. The van der Waals surface area contributed by atoms with Gasteiger partial charge in [0, 0.05) is 18.6 Å². The number of amides is 2. The normalized spacial score (nSPS) is 11.6. The predicted molar refractivity (Wildman–Crippen MR) is 67.1 cm³/mol. The number of carboxylic acids is 1. The molecule has 6 nitrogen and oxygen atoms in total. The number of hydrogen-bond acceptors (Lipinski definition) is 5. The van der Waals surface area contributed by atoms with Crippen molar-refractivity contribution in [2.75, 3.05) is 12.4 Å². The molecule has 8 heteroatoms. The van der Waals surface area contributed by atoms with E-state index in [4.69, 9.17) is 0 Å². The van der Waals surface area contributed by atoms with E-state index in [-0.39, 0.29) is 57.3 Å². The molecule has 0 spiro atoms. The van der Waals surface area contributed by atoms with Gasteiger partial charge < -0.3 is 14.8 Å². The minimum absolute atomic E-state index is 0. The fourth-order valence-corrected chi connectivity index (χ4v) is 1.98. The molecular weight excluding hydrogens is 293 g/mol. The van der Waals surface area contributed by atoms with E-state index in [1.807, 2.05) is 13.8 Å². The number of hydrogen-bond donors (Lipinski definition) is 1. The van der Waals surface area contributed by atoms with Crippen LogP contribution < -0.4 is 61.8 Å². The Bertz CT molecular complexity index is 411. The van der Waals surface area contributed by atoms with E-state index >= 15 is 0 Å². The van der Waals surface area contributed by atoms with Gasteiger partial charge in [-0.15, -0.1) is 11.3 Å². The van der Waals surface area contributed by atoms with Crippen LogP contribution in [0, 0.1) is 5.92 Å². The Kier molecular flexibility index (Phi) is 9.04. The van der Waals surface area contributed by atoms with Gasteiger partial charge in [0.05, 0.1) is 12.0 Å². The molecule has 0 bridgehead atoms. The first kappa shape index (κ1) is 19.0. The Balaban J connectivity index is 0.00000324. The first-order chi connectivity index (χ1) is 8.41. The summed E-state index contributed by atoms with van der Waals surface area (Å²) in [5.41, 5.74) is 0. The van der Waals surface area contributed by atoms with Gasteiger partial charge in [-0.05, 0) is 12.3 Å². The van der Waals surface area contributed by atoms with E-state index in [2.05, 4.69) is 10.3 Å². The van der Waals surface area contributed by atoms with Crippen molar-refractivity contribution < 1.29 is 66.1 Å². The van der Waals surface area contributed by atoms with E-state index in [1.54, 1.807) is 11.6 Å².